The van der Waals surface area contributed by atoms with Crippen molar-refractivity contribution in [1.82, 2.24) is 4.98 Å². The number of aliphatic hydroxyl groups is 1. The zero-order valence-electron chi connectivity index (χ0n) is 10.2. The molecule has 1 aromatic heterocycles. The van der Waals surface area contributed by atoms with E-state index in [2.05, 4.69) is 4.98 Å². The smallest absolute Gasteiger partial charge is 0.129 e. The number of fused-ring (bicyclic) bond motifs is 1. The first kappa shape index (κ1) is 12.2. The molecule has 19 heavy (non-hydrogen) atoms. The van der Waals surface area contributed by atoms with Crippen LogP contribution in [0.1, 0.15) is 35.3 Å². The van der Waals surface area contributed by atoms with Crippen molar-refractivity contribution in [1.29, 1.82) is 0 Å². The number of aromatic nitrogens is 1. The molecule has 2 unspecified atom stereocenters. The highest BCUT2D eigenvalue weighted by molar-refractivity contribution is 5.33. The Morgan fingerprint density at radius 2 is 2.11 bits per heavy atom. The highest BCUT2D eigenvalue weighted by Gasteiger charge is 2.32. The fourth-order valence-corrected chi connectivity index (χ4v) is 2.71. The molecule has 0 saturated carbocycles. The van der Waals surface area contributed by atoms with Crippen molar-refractivity contribution in [3.8, 4) is 0 Å². The number of aryl methyl sites for hydroxylation is 1. The molecular formula is C15H13F2NO. The minimum atomic E-state index is -1.06. The molecule has 0 bridgehead atoms. The minimum Gasteiger partial charge on any atom is -0.388 e. The second-order valence-electron chi connectivity index (χ2n) is 4.80. The van der Waals surface area contributed by atoms with Crippen LogP contribution in [0, 0.1) is 11.6 Å². The van der Waals surface area contributed by atoms with Gasteiger partial charge in [0.1, 0.15) is 11.6 Å². The number of benzene rings is 1. The van der Waals surface area contributed by atoms with Gasteiger partial charge in [-0.1, -0.05) is 6.07 Å². The van der Waals surface area contributed by atoms with Crippen LogP contribution in [0.3, 0.4) is 0 Å². The van der Waals surface area contributed by atoms with Gasteiger partial charge in [0.25, 0.3) is 0 Å². The third-order valence-electron chi connectivity index (χ3n) is 3.66. The summed E-state index contributed by atoms with van der Waals surface area (Å²) in [6.45, 7) is 0. The van der Waals surface area contributed by atoms with Crippen LogP contribution in [0.25, 0.3) is 0 Å². The topological polar surface area (TPSA) is 33.1 Å². The molecule has 0 aliphatic heterocycles. The summed E-state index contributed by atoms with van der Waals surface area (Å²) in [5, 5.41) is 10.3. The summed E-state index contributed by atoms with van der Waals surface area (Å²) < 4.78 is 26.9. The van der Waals surface area contributed by atoms with E-state index in [0.717, 1.165) is 35.9 Å². The first-order valence-electron chi connectivity index (χ1n) is 6.23. The fourth-order valence-electron chi connectivity index (χ4n) is 2.71. The van der Waals surface area contributed by atoms with E-state index in [1.54, 1.807) is 6.20 Å². The van der Waals surface area contributed by atoms with E-state index in [4.69, 9.17) is 0 Å². The zero-order chi connectivity index (χ0) is 13.4. The largest absolute Gasteiger partial charge is 0.388 e. The number of hydrogen-bond donors (Lipinski definition) is 1. The van der Waals surface area contributed by atoms with E-state index in [1.165, 1.54) is 0 Å². The first-order valence-corrected chi connectivity index (χ1v) is 6.23. The first-order chi connectivity index (χ1) is 9.16. The fraction of sp³-hybridized carbons (Fsp3) is 0.267. The molecule has 0 fully saturated rings. The van der Waals surface area contributed by atoms with Gasteiger partial charge in [-0.05, 0) is 42.7 Å². The Hall–Kier alpha value is -1.81. The van der Waals surface area contributed by atoms with Gasteiger partial charge in [0, 0.05) is 23.4 Å². The van der Waals surface area contributed by atoms with Gasteiger partial charge in [-0.15, -0.1) is 0 Å². The maximum absolute atomic E-state index is 13.7. The number of aliphatic hydroxyl groups excluding tert-OH is 1. The molecule has 1 aliphatic rings. The standard InChI is InChI=1S/C15H13F2NO/c16-10-4-6-13(17)12(8-10)15(19)11-5-3-9-2-1-7-18-14(9)11/h1-2,4,6-8,11,15,19H,3,5H2. The van der Waals surface area contributed by atoms with Gasteiger partial charge < -0.3 is 5.11 Å². The van der Waals surface area contributed by atoms with Crippen LogP contribution in [0.5, 0.6) is 0 Å². The van der Waals surface area contributed by atoms with Gasteiger partial charge in [-0.2, -0.15) is 0 Å². The predicted molar refractivity (Wildman–Crippen MR) is 66.6 cm³/mol. The Bertz CT molecular complexity index is 615. The van der Waals surface area contributed by atoms with E-state index >= 15 is 0 Å². The van der Waals surface area contributed by atoms with Gasteiger partial charge in [0.05, 0.1) is 6.10 Å². The van der Waals surface area contributed by atoms with E-state index in [-0.39, 0.29) is 11.5 Å². The van der Waals surface area contributed by atoms with Gasteiger partial charge >= 0.3 is 0 Å². The van der Waals surface area contributed by atoms with E-state index in [0.29, 0.717) is 6.42 Å². The van der Waals surface area contributed by atoms with Crippen molar-refractivity contribution >= 4 is 0 Å². The van der Waals surface area contributed by atoms with Crippen LogP contribution in [0.15, 0.2) is 36.5 Å². The van der Waals surface area contributed by atoms with Crippen LogP contribution < -0.4 is 0 Å². The molecule has 3 rings (SSSR count). The molecule has 1 aliphatic carbocycles. The van der Waals surface area contributed by atoms with Crippen molar-refractivity contribution in [2.75, 3.05) is 0 Å². The molecule has 1 aromatic carbocycles. The highest BCUT2D eigenvalue weighted by Crippen LogP contribution is 2.40. The maximum Gasteiger partial charge on any atom is 0.129 e. The summed E-state index contributed by atoms with van der Waals surface area (Å²) in [4.78, 5) is 4.26. The number of halogens is 2. The lowest BCUT2D eigenvalue weighted by Gasteiger charge is -2.19. The number of hydrogen-bond acceptors (Lipinski definition) is 2. The van der Waals surface area contributed by atoms with Crippen molar-refractivity contribution in [3.05, 3.63) is 65.0 Å². The lowest BCUT2D eigenvalue weighted by molar-refractivity contribution is 0.138. The summed E-state index contributed by atoms with van der Waals surface area (Å²) in [5.41, 5.74) is 1.87. The zero-order valence-corrected chi connectivity index (χ0v) is 10.2. The SMILES string of the molecule is OC(c1cc(F)ccc1F)C1CCc2cccnc21. The van der Waals surface area contributed by atoms with Crippen LogP contribution >= 0.6 is 0 Å². The number of rotatable bonds is 2. The van der Waals surface area contributed by atoms with Crippen LogP contribution in [-0.2, 0) is 6.42 Å². The monoisotopic (exact) mass is 261 g/mol. The molecule has 2 atom stereocenters. The van der Waals surface area contributed by atoms with Crippen molar-refractivity contribution in [2.24, 2.45) is 0 Å². The molecule has 1 N–H and O–H groups in total. The molecule has 0 amide bonds. The van der Waals surface area contributed by atoms with Crippen LogP contribution in [0.2, 0.25) is 0 Å². The van der Waals surface area contributed by atoms with Crippen LogP contribution in [-0.4, -0.2) is 10.1 Å². The van der Waals surface area contributed by atoms with Crippen molar-refractivity contribution in [2.45, 2.75) is 24.9 Å². The third-order valence-corrected chi connectivity index (χ3v) is 3.66. The normalized spacial score (nSPS) is 19.2. The molecule has 0 spiro atoms. The Balaban J connectivity index is 1.97. The van der Waals surface area contributed by atoms with Gasteiger partial charge in [-0.3, -0.25) is 4.98 Å². The molecule has 0 radical (unpaired) electrons. The second kappa shape index (κ2) is 4.70. The Morgan fingerprint density at radius 3 is 2.95 bits per heavy atom. The molecule has 2 aromatic rings. The summed E-state index contributed by atoms with van der Waals surface area (Å²) in [7, 11) is 0. The van der Waals surface area contributed by atoms with E-state index in [9.17, 15) is 13.9 Å². The molecule has 4 heteroatoms. The molecule has 98 valence electrons. The van der Waals surface area contributed by atoms with Crippen molar-refractivity contribution < 1.29 is 13.9 Å². The lowest BCUT2D eigenvalue weighted by atomic mass is 9.93. The van der Waals surface area contributed by atoms with Gasteiger partial charge in [-0.25, -0.2) is 8.78 Å². The Kier molecular flexibility index (Phi) is 3.03. The third kappa shape index (κ3) is 2.12. The summed E-state index contributed by atoms with van der Waals surface area (Å²) in [5.74, 6) is -1.40. The maximum atomic E-state index is 13.7. The van der Waals surface area contributed by atoms with Crippen molar-refractivity contribution in [3.63, 3.8) is 0 Å². The second-order valence-corrected chi connectivity index (χ2v) is 4.80. The molecular weight excluding hydrogens is 248 g/mol. The molecule has 1 heterocycles. The highest BCUT2D eigenvalue weighted by atomic mass is 19.1. The quantitative estimate of drug-likeness (QED) is 0.901. The van der Waals surface area contributed by atoms with E-state index in [1.807, 2.05) is 12.1 Å². The number of pyridine rings is 1. The van der Waals surface area contributed by atoms with Crippen LogP contribution in [0.4, 0.5) is 8.78 Å². The average Bonchev–Trinajstić information content (AvgIpc) is 2.84. The Morgan fingerprint density at radius 1 is 1.26 bits per heavy atom. The summed E-state index contributed by atoms with van der Waals surface area (Å²) in [6.07, 6.45) is 2.10. The van der Waals surface area contributed by atoms with Gasteiger partial charge in [0.15, 0.2) is 0 Å². The molecule has 0 saturated heterocycles. The van der Waals surface area contributed by atoms with E-state index < -0.39 is 17.7 Å². The molecule has 2 nitrogen and oxygen atoms in total. The predicted octanol–water partition coefficient (Wildman–Crippen LogP) is 3.12. The summed E-state index contributed by atoms with van der Waals surface area (Å²) in [6, 6.07) is 6.95. The summed E-state index contributed by atoms with van der Waals surface area (Å²) >= 11 is 0. The Labute approximate surface area is 109 Å². The lowest BCUT2D eigenvalue weighted by Crippen LogP contribution is -2.11. The number of nitrogens with zero attached hydrogens (tertiary/aromatic N) is 1. The van der Waals surface area contributed by atoms with Gasteiger partial charge in [0.2, 0.25) is 0 Å². The minimum absolute atomic E-state index is 0.00324. The average molecular weight is 261 g/mol.